The van der Waals surface area contributed by atoms with Gasteiger partial charge in [-0.15, -0.1) is 0 Å². The minimum atomic E-state index is -0.126. The summed E-state index contributed by atoms with van der Waals surface area (Å²) in [6, 6.07) is 7.97. The molecule has 2 saturated carbocycles. The Kier molecular flexibility index (Phi) is 7.93. The maximum atomic E-state index is 13.3. The summed E-state index contributed by atoms with van der Waals surface area (Å²) in [5, 5.41) is 3.09. The fraction of sp³-hybridized carbons (Fsp3) is 0.680. The molecule has 2 aliphatic rings. The topological polar surface area (TPSA) is 75.4 Å². The van der Waals surface area contributed by atoms with Crippen LogP contribution in [0.15, 0.2) is 24.3 Å². The predicted octanol–water partition coefficient (Wildman–Crippen LogP) is 4.71. The molecule has 5 nitrogen and oxygen atoms in total. The van der Waals surface area contributed by atoms with E-state index in [1.54, 1.807) is 0 Å². The van der Waals surface area contributed by atoms with E-state index in [1.807, 2.05) is 29.2 Å². The highest BCUT2D eigenvalue weighted by molar-refractivity contribution is 5.92. The molecule has 2 fully saturated rings. The number of rotatable bonds is 8. The summed E-state index contributed by atoms with van der Waals surface area (Å²) in [4.78, 5) is 27.8. The average molecular weight is 414 g/mol. The van der Waals surface area contributed by atoms with Crippen LogP contribution in [-0.4, -0.2) is 29.8 Å². The first-order valence-corrected chi connectivity index (χ1v) is 11.8. The predicted molar refractivity (Wildman–Crippen MR) is 122 cm³/mol. The van der Waals surface area contributed by atoms with Gasteiger partial charge in [0.25, 0.3) is 0 Å². The van der Waals surface area contributed by atoms with Crippen molar-refractivity contribution in [1.29, 1.82) is 0 Å². The van der Waals surface area contributed by atoms with Gasteiger partial charge < -0.3 is 16.0 Å². The first kappa shape index (κ1) is 22.8. The average Bonchev–Trinajstić information content (AvgIpc) is 3.29. The molecule has 166 valence electrons. The molecule has 1 aromatic rings. The Labute approximate surface area is 181 Å². The van der Waals surface area contributed by atoms with Gasteiger partial charge in [0.15, 0.2) is 0 Å². The highest BCUT2D eigenvalue weighted by Crippen LogP contribution is 2.29. The molecule has 0 spiro atoms. The van der Waals surface area contributed by atoms with Gasteiger partial charge in [-0.05, 0) is 55.3 Å². The van der Waals surface area contributed by atoms with Crippen LogP contribution < -0.4 is 11.1 Å². The zero-order valence-electron chi connectivity index (χ0n) is 18.8. The minimum Gasteiger partial charge on any atom is -0.338 e. The first-order valence-electron chi connectivity index (χ1n) is 11.8. The third kappa shape index (κ3) is 6.31. The van der Waals surface area contributed by atoms with Gasteiger partial charge in [0.1, 0.15) is 0 Å². The SMILES string of the molecule is CC(C)(CN)CN(Cc1cccc(NC(=O)C2CCCC2)c1)C(=O)C1CCCCC1. The van der Waals surface area contributed by atoms with Crippen molar-refractivity contribution in [2.24, 2.45) is 23.0 Å². The Morgan fingerprint density at radius 2 is 1.67 bits per heavy atom. The number of nitrogens with one attached hydrogen (secondary N) is 1. The summed E-state index contributed by atoms with van der Waals surface area (Å²) in [6.45, 7) is 5.99. The van der Waals surface area contributed by atoms with E-state index in [0.29, 0.717) is 19.6 Å². The van der Waals surface area contributed by atoms with Gasteiger partial charge in [-0.2, -0.15) is 0 Å². The van der Waals surface area contributed by atoms with Crippen LogP contribution in [0.4, 0.5) is 5.69 Å². The number of hydrogen-bond acceptors (Lipinski definition) is 3. The Bertz CT molecular complexity index is 719. The smallest absolute Gasteiger partial charge is 0.227 e. The molecule has 1 aromatic carbocycles. The molecule has 2 amide bonds. The molecule has 0 radical (unpaired) electrons. The third-order valence-corrected chi connectivity index (χ3v) is 6.73. The third-order valence-electron chi connectivity index (χ3n) is 6.73. The van der Waals surface area contributed by atoms with Gasteiger partial charge in [-0.25, -0.2) is 0 Å². The summed E-state index contributed by atoms with van der Waals surface area (Å²) in [6.07, 6.45) is 9.79. The second-order valence-electron chi connectivity index (χ2n) is 10.1. The molecule has 2 aliphatic carbocycles. The summed E-state index contributed by atoms with van der Waals surface area (Å²) in [7, 11) is 0. The van der Waals surface area contributed by atoms with Gasteiger partial charge in [0.2, 0.25) is 11.8 Å². The second-order valence-corrected chi connectivity index (χ2v) is 10.1. The van der Waals surface area contributed by atoms with E-state index < -0.39 is 0 Å². The van der Waals surface area contributed by atoms with E-state index in [9.17, 15) is 9.59 Å². The van der Waals surface area contributed by atoms with E-state index in [4.69, 9.17) is 5.73 Å². The summed E-state index contributed by atoms with van der Waals surface area (Å²) in [5.41, 5.74) is 7.73. The lowest BCUT2D eigenvalue weighted by Crippen LogP contribution is -2.44. The molecule has 30 heavy (non-hydrogen) atoms. The zero-order chi connectivity index (χ0) is 21.6. The lowest BCUT2D eigenvalue weighted by atomic mass is 9.86. The normalized spacial score (nSPS) is 18.4. The number of nitrogens with two attached hydrogens (primary N) is 1. The van der Waals surface area contributed by atoms with Crippen LogP contribution in [-0.2, 0) is 16.1 Å². The van der Waals surface area contributed by atoms with Crippen LogP contribution in [0.1, 0.15) is 77.2 Å². The van der Waals surface area contributed by atoms with Crippen molar-refractivity contribution in [3.63, 3.8) is 0 Å². The van der Waals surface area contributed by atoms with E-state index in [2.05, 4.69) is 19.2 Å². The van der Waals surface area contributed by atoms with Crippen molar-refractivity contribution in [3.8, 4) is 0 Å². The summed E-state index contributed by atoms with van der Waals surface area (Å²) >= 11 is 0. The Hall–Kier alpha value is -1.88. The molecule has 0 aliphatic heterocycles. The van der Waals surface area contributed by atoms with Crippen LogP contribution >= 0.6 is 0 Å². The molecule has 0 saturated heterocycles. The van der Waals surface area contributed by atoms with Crippen LogP contribution in [0.5, 0.6) is 0 Å². The number of amides is 2. The molecule has 0 atom stereocenters. The lowest BCUT2D eigenvalue weighted by Gasteiger charge is -2.35. The molecule has 0 aromatic heterocycles. The standard InChI is InChI=1S/C25H39N3O2/c1-25(2,17-26)18-28(24(30)21-12-4-3-5-13-21)16-19-9-8-14-22(15-19)27-23(29)20-10-6-7-11-20/h8-9,14-15,20-21H,3-7,10-13,16-18,26H2,1-2H3,(H,27,29). The zero-order valence-corrected chi connectivity index (χ0v) is 18.8. The quantitative estimate of drug-likeness (QED) is 0.648. The molecule has 0 unspecified atom stereocenters. The van der Waals surface area contributed by atoms with E-state index in [0.717, 1.165) is 62.6 Å². The van der Waals surface area contributed by atoms with Crippen molar-refractivity contribution >= 4 is 17.5 Å². The van der Waals surface area contributed by atoms with Gasteiger partial charge in [-0.1, -0.05) is 58.1 Å². The van der Waals surface area contributed by atoms with Crippen LogP contribution in [0.3, 0.4) is 0 Å². The summed E-state index contributed by atoms with van der Waals surface area (Å²) < 4.78 is 0. The number of carbonyl (C=O) groups is 2. The molecule has 5 heteroatoms. The summed E-state index contributed by atoms with van der Waals surface area (Å²) in [5.74, 6) is 0.668. The van der Waals surface area contributed by atoms with E-state index >= 15 is 0 Å². The van der Waals surface area contributed by atoms with Gasteiger partial charge >= 0.3 is 0 Å². The fourth-order valence-corrected chi connectivity index (χ4v) is 4.80. The maximum Gasteiger partial charge on any atom is 0.227 e. The van der Waals surface area contributed by atoms with Crippen molar-refractivity contribution in [3.05, 3.63) is 29.8 Å². The van der Waals surface area contributed by atoms with Crippen LogP contribution in [0.2, 0.25) is 0 Å². The molecule has 3 N–H and O–H groups in total. The molecular weight excluding hydrogens is 374 g/mol. The molecule has 0 heterocycles. The largest absolute Gasteiger partial charge is 0.338 e. The number of anilines is 1. The van der Waals surface area contributed by atoms with Crippen LogP contribution in [0, 0.1) is 17.3 Å². The molecular formula is C25H39N3O2. The minimum absolute atomic E-state index is 0.126. The lowest BCUT2D eigenvalue weighted by molar-refractivity contribution is -0.138. The van der Waals surface area contributed by atoms with Crippen molar-refractivity contribution in [1.82, 2.24) is 4.90 Å². The highest BCUT2D eigenvalue weighted by atomic mass is 16.2. The Morgan fingerprint density at radius 3 is 2.33 bits per heavy atom. The Morgan fingerprint density at radius 1 is 1.03 bits per heavy atom. The van der Waals surface area contributed by atoms with Crippen molar-refractivity contribution in [2.45, 2.75) is 78.2 Å². The molecule has 3 rings (SSSR count). The Balaban J connectivity index is 1.71. The maximum absolute atomic E-state index is 13.3. The van der Waals surface area contributed by atoms with Gasteiger partial charge in [-0.3, -0.25) is 9.59 Å². The number of benzene rings is 1. The van der Waals surface area contributed by atoms with Gasteiger partial charge in [0, 0.05) is 30.6 Å². The van der Waals surface area contributed by atoms with Crippen LogP contribution in [0.25, 0.3) is 0 Å². The second kappa shape index (κ2) is 10.4. The van der Waals surface area contributed by atoms with E-state index in [-0.39, 0.29) is 29.1 Å². The number of carbonyl (C=O) groups excluding carboxylic acids is 2. The monoisotopic (exact) mass is 413 g/mol. The number of nitrogens with zero attached hydrogens (tertiary/aromatic N) is 1. The highest BCUT2D eigenvalue weighted by Gasteiger charge is 2.30. The van der Waals surface area contributed by atoms with E-state index in [1.165, 1.54) is 6.42 Å². The molecule has 0 bridgehead atoms. The first-order chi connectivity index (χ1) is 14.4. The van der Waals surface area contributed by atoms with Crippen molar-refractivity contribution in [2.75, 3.05) is 18.4 Å². The van der Waals surface area contributed by atoms with Crippen molar-refractivity contribution < 1.29 is 9.59 Å². The fourth-order valence-electron chi connectivity index (χ4n) is 4.80. The number of hydrogen-bond donors (Lipinski definition) is 2. The van der Waals surface area contributed by atoms with Gasteiger partial charge in [0.05, 0.1) is 0 Å².